The van der Waals surface area contributed by atoms with Crippen molar-refractivity contribution in [2.75, 3.05) is 0 Å². The molecule has 0 saturated heterocycles. The van der Waals surface area contributed by atoms with Crippen molar-refractivity contribution in [2.24, 2.45) is 0 Å². The smallest absolute Gasteiger partial charge is 0.0348 e. The van der Waals surface area contributed by atoms with Crippen LogP contribution in [-0.4, -0.2) is 0 Å². The molecule has 0 N–H and O–H groups in total. The van der Waals surface area contributed by atoms with Gasteiger partial charge in [0.25, 0.3) is 0 Å². The first kappa shape index (κ1) is 8.84. The largest absolute Gasteiger partial charge is 0.125 e. The Balaban J connectivity index is 1.91. The second kappa shape index (κ2) is 4.48. The lowest BCUT2D eigenvalue weighted by Gasteiger charge is -1.93. The third kappa shape index (κ3) is 2.37. The minimum absolute atomic E-state index is 0.901. The summed E-state index contributed by atoms with van der Waals surface area (Å²) in [5.41, 5.74) is 0. The topological polar surface area (TPSA) is 0 Å². The lowest BCUT2D eigenvalue weighted by Crippen LogP contribution is -1.50. The van der Waals surface area contributed by atoms with E-state index in [1.807, 2.05) is 21.6 Å². The van der Waals surface area contributed by atoms with E-state index in [1.165, 1.54) is 9.25 Å². The van der Waals surface area contributed by atoms with Gasteiger partial charge in [0.05, 0.1) is 0 Å². The highest BCUT2D eigenvalue weighted by molar-refractivity contribution is 8.77. The molecule has 0 nitrogen and oxygen atoms in total. The van der Waals surface area contributed by atoms with E-state index in [9.17, 15) is 0 Å². The van der Waals surface area contributed by atoms with Gasteiger partial charge in [0.15, 0.2) is 0 Å². The molecule has 0 radical (unpaired) electrons. The summed E-state index contributed by atoms with van der Waals surface area (Å²) in [6.07, 6.45) is 0. The van der Waals surface area contributed by atoms with Gasteiger partial charge in [-0.25, -0.2) is 0 Å². The maximum atomic E-state index is 2.23. The molecule has 2 aromatic heterocycles. The molecule has 0 amide bonds. The van der Waals surface area contributed by atoms with Crippen LogP contribution in [0.5, 0.6) is 0 Å². The first-order chi connectivity index (χ1) is 5.95. The Bertz CT molecular complexity index is 278. The minimum Gasteiger partial charge on any atom is -0.125 e. The van der Waals surface area contributed by atoms with Gasteiger partial charge in [-0.2, -0.15) is 0 Å². The summed E-state index contributed by atoms with van der Waals surface area (Å²) in [6.45, 7) is 0. The summed E-state index contributed by atoms with van der Waals surface area (Å²) in [4.78, 5) is 0. The molecule has 0 aliphatic heterocycles. The lowest BCUT2D eigenvalue weighted by atomic mass is 10.7. The molecule has 2 unspecified atom stereocenters. The van der Waals surface area contributed by atoms with Crippen molar-refractivity contribution < 1.29 is 0 Å². The van der Waals surface area contributed by atoms with Crippen molar-refractivity contribution in [3.8, 4) is 0 Å². The Morgan fingerprint density at radius 1 is 0.833 bits per heavy atom. The van der Waals surface area contributed by atoms with Crippen LogP contribution >= 0.6 is 38.0 Å². The van der Waals surface area contributed by atoms with E-state index in [-0.39, 0.29) is 0 Å². The van der Waals surface area contributed by atoms with E-state index in [0.717, 1.165) is 16.4 Å². The van der Waals surface area contributed by atoms with Gasteiger partial charge < -0.3 is 0 Å². The third-order valence-corrected chi connectivity index (χ3v) is 7.23. The van der Waals surface area contributed by atoms with Crippen molar-refractivity contribution in [3.05, 3.63) is 35.9 Å². The highest BCUT2D eigenvalue weighted by atomic mass is 33.1. The fourth-order valence-electron chi connectivity index (χ4n) is 0.821. The Hall–Kier alpha value is 0.260. The maximum absolute atomic E-state index is 2.23. The molecule has 2 atom stereocenters. The zero-order valence-electron chi connectivity index (χ0n) is 6.28. The van der Waals surface area contributed by atoms with Crippen LogP contribution in [-0.2, 0) is 0 Å². The van der Waals surface area contributed by atoms with Crippen LogP contribution < -0.4 is 0 Å². The molecule has 62 valence electrons. The van der Waals surface area contributed by atoms with Crippen LogP contribution in [0.25, 0.3) is 0 Å². The van der Waals surface area contributed by atoms with Crippen molar-refractivity contribution in [1.29, 1.82) is 0 Å². The molecule has 4 heteroatoms. The monoisotopic (exact) mass is 230 g/mol. The highest BCUT2D eigenvalue weighted by Crippen LogP contribution is 2.44. The van der Waals surface area contributed by atoms with Gasteiger partial charge >= 0.3 is 0 Å². The average molecular weight is 230 g/mol. The van der Waals surface area contributed by atoms with Crippen LogP contribution in [0.1, 0.15) is 0 Å². The van der Waals surface area contributed by atoms with Gasteiger partial charge in [-0.15, -0.1) is 16.4 Å². The molecule has 2 heterocycles. The molecule has 0 saturated carbocycles. The van der Waals surface area contributed by atoms with Crippen molar-refractivity contribution in [3.63, 3.8) is 0 Å². The molecule has 2 aromatic rings. The van der Waals surface area contributed by atoms with E-state index in [2.05, 4.69) is 35.9 Å². The summed E-state index contributed by atoms with van der Waals surface area (Å²) in [5.74, 6) is 4.46. The first-order valence-corrected chi connectivity index (χ1v) is 7.87. The summed E-state index contributed by atoms with van der Waals surface area (Å²) in [7, 11) is 5.62. The molecule has 0 fully saturated rings. The Morgan fingerprint density at radius 3 is 1.67 bits per heavy atom. The van der Waals surface area contributed by atoms with Crippen LogP contribution in [0, 0.1) is 0 Å². The van der Waals surface area contributed by atoms with E-state index in [0.29, 0.717) is 0 Å². The zero-order chi connectivity index (χ0) is 8.23. The quantitative estimate of drug-likeness (QED) is 0.709. The van der Waals surface area contributed by atoms with Gasteiger partial charge in [0.2, 0.25) is 0 Å². The number of rotatable bonds is 3. The van der Waals surface area contributed by atoms with Crippen molar-refractivity contribution in [2.45, 2.75) is 9.25 Å². The van der Waals surface area contributed by atoms with Crippen LogP contribution in [0.3, 0.4) is 0 Å². The fraction of sp³-hybridized carbons (Fsp3) is 0. The zero-order valence-corrected chi connectivity index (χ0v) is 9.91. The molecular weight excluding hydrogens is 222 g/mol. The van der Waals surface area contributed by atoms with E-state index in [4.69, 9.17) is 0 Å². The molecule has 0 aliphatic carbocycles. The molecule has 0 aromatic carbocycles. The first-order valence-electron chi connectivity index (χ1n) is 3.56. The van der Waals surface area contributed by atoms with Gasteiger partial charge in [0.1, 0.15) is 0 Å². The minimum atomic E-state index is 0.901. The number of hydrogen-bond donors (Lipinski definition) is 0. The van der Waals surface area contributed by atoms with Gasteiger partial charge in [-0.3, -0.25) is 0 Å². The standard InChI is InChI=1S/C8H8P2S2/c1-3-7(9-5-1)11-12-8-4-2-6-10-8/h1-6,9-10H. The fourth-order valence-corrected chi connectivity index (χ4v) is 5.65. The van der Waals surface area contributed by atoms with Crippen molar-refractivity contribution in [1.82, 2.24) is 0 Å². The predicted octanol–water partition coefficient (Wildman–Crippen LogP) is 4.55. The molecule has 0 spiro atoms. The van der Waals surface area contributed by atoms with E-state index < -0.39 is 0 Å². The van der Waals surface area contributed by atoms with Gasteiger partial charge in [0, 0.05) is 9.25 Å². The summed E-state index contributed by atoms with van der Waals surface area (Å²) in [5, 5.41) is 0. The van der Waals surface area contributed by atoms with Gasteiger partial charge in [-0.05, 0) is 45.3 Å². The summed E-state index contributed by atoms with van der Waals surface area (Å²) >= 11 is 0. The molecule has 12 heavy (non-hydrogen) atoms. The second-order valence-electron chi connectivity index (χ2n) is 2.24. The highest BCUT2D eigenvalue weighted by Gasteiger charge is 1.95. The molecule has 0 bridgehead atoms. The molecule has 2 rings (SSSR count). The maximum Gasteiger partial charge on any atom is 0.0348 e. The summed E-state index contributed by atoms with van der Waals surface area (Å²) < 4.78 is 3.00. The van der Waals surface area contributed by atoms with Crippen LogP contribution in [0.15, 0.2) is 45.1 Å². The van der Waals surface area contributed by atoms with E-state index in [1.54, 1.807) is 0 Å². The van der Waals surface area contributed by atoms with Crippen LogP contribution in [0.2, 0.25) is 0 Å². The van der Waals surface area contributed by atoms with Gasteiger partial charge in [-0.1, -0.05) is 12.1 Å². The third-order valence-electron chi connectivity index (χ3n) is 1.36. The Labute approximate surface area is 83.1 Å². The Morgan fingerprint density at radius 2 is 1.33 bits per heavy atom. The molecule has 0 aliphatic rings. The lowest BCUT2D eigenvalue weighted by molar-refractivity contribution is 1.75. The molecular formula is C8H8P2S2. The van der Waals surface area contributed by atoms with Crippen molar-refractivity contribution >= 4 is 38.0 Å². The predicted molar refractivity (Wildman–Crippen MR) is 63.6 cm³/mol. The second-order valence-corrected chi connectivity index (χ2v) is 7.49. The number of hydrogen-bond acceptors (Lipinski definition) is 2. The van der Waals surface area contributed by atoms with E-state index >= 15 is 0 Å². The SMILES string of the molecule is c1c[pH]c(SSc2ccc[pH]2)c1. The normalized spacial score (nSPS) is 11.7. The average Bonchev–Trinajstić information content (AvgIpc) is 2.74. The van der Waals surface area contributed by atoms with Crippen LogP contribution in [0.4, 0.5) is 0 Å². The summed E-state index contributed by atoms with van der Waals surface area (Å²) in [6, 6.07) is 8.71. The Kier molecular flexibility index (Phi) is 3.30.